The molecule has 2 aromatic carbocycles. The van der Waals surface area contributed by atoms with Crippen molar-refractivity contribution in [3.63, 3.8) is 0 Å². The number of aromatic nitrogens is 4. The summed E-state index contributed by atoms with van der Waals surface area (Å²) in [6.07, 6.45) is 5.26. The first-order valence-corrected chi connectivity index (χ1v) is 9.57. The van der Waals surface area contributed by atoms with E-state index in [1.165, 1.54) is 0 Å². The van der Waals surface area contributed by atoms with E-state index in [1.807, 2.05) is 66.7 Å². The number of para-hydroxylation sites is 3. The summed E-state index contributed by atoms with van der Waals surface area (Å²) in [5.41, 5.74) is 5.20. The first kappa shape index (κ1) is 17.9. The van der Waals surface area contributed by atoms with E-state index in [9.17, 15) is 4.79 Å². The minimum atomic E-state index is -0.123. The zero-order chi connectivity index (χ0) is 20.3. The Labute approximate surface area is 172 Å². The molecule has 5 aromatic rings. The predicted molar refractivity (Wildman–Crippen MR) is 116 cm³/mol. The number of imidazole rings is 1. The first-order valence-electron chi connectivity index (χ1n) is 9.57. The molecule has 6 heteroatoms. The van der Waals surface area contributed by atoms with Gasteiger partial charge >= 0.3 is 0 Å². The molecule has 0 atom stereocenters. The number of nitrogens with zero attached hydrogens (tertiary/aromatic N) is 3. The summed E-state index contributed by atoms with van der Waals surface area (Å²) in [6, 6.07) is 23.3. The molecule has 0 unspecified atom stereocenters. The molecular formula is C24H18N4O2. The van der Waals surface area contributed by atoms with Crippen LogP contribution in [-0.2, 0) is 6.61 Å². The van der Waals surface area contributed by atoms with Gasteiger partial charge in [-0.25, -0.2) is 0 Å². The Bertz CT molecular complexity index is 1340. The summed E-state index contributed by atoms with van der Waals surface area (Å²) in [5, 5.41) is 0. The Balaban J connectivity index is 1.41. The number of rotatable bonds is 5. The number of H-pyrrole nitrogens is 1. The molecular weight excluding hydrogens is 376 g/mol. The fourth-order valence-corrected chi connectivity index (χ4v) is 3.42. The molecule has 0 radical (unpaired) electrons. The van der Waals surface area contributed by atoms with Gasteiger partial charge in [0.25, 0.3) is 11.6 Å². The number of pyridine rings is 2. The maximum atomic E-state index is 12.8. The highest BCUT2D eigenvalue weighted by Crippen LogP contribution is 2.25. The van der Waals surface area contributed by atoms with E-state index in [2.05, 4.69) is 15.0 Å². The topological polar surface area (TPSA) is 72.8 Å². The number of nitrogens with one attached hydrogen (secondary N) is 1. The van der Waals surface area contributed by atoms with Gasteiger partial charge in [0.2, 0.25) is 0 Å². The predicted octanol–water partition coefficient (Wildman–Crippen LogP) is 4.35. The van der Waals surface area contributed by atoms with Gasteiger partial charge in [-0.15, -0.1) is 0 Å². The van der Waals surface area contributed by atoms with Crippen molar-refractivity contribution in [1.29, 1.82) is 0 Å². The smallest absolute Gasteiger partial charge is 0.294 e. The molecule has 0 spiro atoms. The second kappa shape index (κ2) is 7.67. The van der Waals surface area contributed by atoms with Crippen molar-refractivity contribution in [2.75, 3.05) is 0 Å². The molecule has 0 aliphatic heterocycles. The SMILES string of the molecule is O=c1cc(COc2nc3ccccc3[nH]2)ccn1-c1ccccc1-c1ccncc1. The van der Waals surface area contributed by atoms with E-state index in [0.29, 0.717) is 6.01 Å². The Kier molecular flexibility index (Phi) is 4.57. The molecule has 1 N–H and O–H groups in total. The van der Waals surface area contributed by atoms with Crippen LogP contribution in [0.5, 0.6) is 6.01 Å². The monoisotopic (exact) mass is 394 g/mol. The number of hydrogen-bond acceptors (Lipinski definition) is 4. The lowest BCUT2D eigenvalue weighted by Crippen LogP contribution is -2.18. The van der Waals surface area contributed by atoms with Crippen molar-refractivity contribution in [1.82, 2.24) is 19.5 Å². The van der Waals surface area contributed by atoms with Gasteiger partial charge in [0.1, 0.15) is 6.61 Å². The number of hydrogen-bond donors (Lipinski definition) is 1. The molecule has 0 fully saturated rings. The Hall–Kier alpha value is -4.19. The van der Waals surface area contributed by atoms with Gasteiger partial charge in [-0.1, -0.05) is 30.3 Å². The molecule has 0 saturated carbocycles. The highest BCUT2D eigenvalue weighted by Gasteiger charge is 2.09. The molecule has 0 aliphatic carbocycles. The van der Waals surface area contributed by atoms with E-state index >= 15 is 0 Å². The second-order valence-electron chi connectivity index (χ2n) is 6.84. The van der Waals surface area contributed by atoms with Crippen molar-refractivity contribution in [2.45, 2.75) is 6.61 Å². The summed E-state index contributed by atoms with van der Waals surface area (Å²) in [4.78, 5) is 24.4. The summed E-state index contributed by atoms with van der Waals surface area (Å²) in [7, 11) is 0. The fraction of sp³-hybridized carbons (Fsp3) is 0.0417. The molecule has 6 nitrogen and oxygen atoms in total. The van der Waals surface area contributed by atoms with Gasteiger partial charge in [-0.2, -0.15) is 4.98 Å². The maximum Gasteiger partial charge on any atom is 0.294 e. The Morgan fingerprint density at radius 1 is 0.933 bits per heavy atom. The van der Waals surface area contributed by atoms with Crippen LogP contribution in [0.25, 0.3) is 27.8 Å². The van der Waals surface area contributed by atoms with E-state index in [1.54, 1.807) is 29.2 Å². The van der Waals surface area contributed by atoms with Crippen LogP contribution in [0, 0.1) is 0 Å². The van der Waals surface area contributed by atoms with Gasteiger partial charge in [-0.3, -0.25) is 14.3 Å². The van der Waals surface area contributed by atoms with Gasteiger partial charge in [0.15, 0.2) is 0 Å². The van der Waals surface area contributed by atoms with Crippen molar-refractivity contribution in [3.05, 3.63) is 107 Å². The third kappa shape index (κ3) is 3.46. The maximum absolute atomic E-state index is 12.8. The first-order chi connectivity index (χ1) is 14.8. The quantitative estimate of drug-likeness (QED) is 0.481. The fourth-order valence-electron chi connectivity index (χ4n) is 3.42. The van der Waals surface area contributed by atoms with Gasteiger partial charge < -0.3 is 9.72 Å². The van der Waals surface area contributed by atoms with Crippen LogP contribution in [0.2, 0.25) is 0 Å². The molecule has 0 aliphatic rings. The average Bonchev–Trinajstić information content (AvgIpc) is 3.22. The van der Waals surface area contributed by atoms with Crippen LogP contribution in [0.1, 0.15) is 5.56 Å². The normalized spacial score (nSPS) is 10.9. The minimum Gasteiger partial charge on any atom is -0.460 e. The van der Waals surface area contributed by atoms with Crippen LogP contribution < -0.4 is 10.3 Å². The molecule has 0 saturated heterocycles. The number of aromatic amines is 1. The third-order valence-electron chi connectivity index (χ3n) is 4.88. The molecule has 0 bridgehead atoms. The van der Waals surface area contributed by atoms with Crippen molar-refractivity contribution in [3.8, 4) is 22.8 Å². The molecule has 5 rings (SSSR count). The van der Waals surface area contributed by atoms with Gasteiger partial charge in [0, 0.05) is 30.2 Å². The summed E-state index contributed by atoms with van der Waals surface area (Å²) in [5.74, 6) is 0. The summed E-state index contributed by atoms with van der Waals surface area (Å²) >= 11 is 0. The Morgan fingerprint density at radius 2 is 1.73 bits per heavy atom. The van der Waals surface area contributed by atoms with Crippen LogP contribution in [0.4, 0.5) is 0 Å². The van der Waals surface area contributed by atoms with Gasteiger partial charge in [0.05, 0.1) is 16.7 Å². The number of fused-ring (bicyclic) bond motifs is 1. The van der Waals surface area contributed by atoms with E-state index < -0.39 is 0 Å². The zero-order valence-corrected chi connectivity index (χ0v) is 16.0. The van der Waals surface area contributed by atoms with E-state index in [4.69, 9.17) is 4.74 Å². The highest BCUT2D eigenvalue weighted by molar-refractivity contribution is 5.75. The highest BCUT2D eigenvalue weighted by atomic mass is 16.5. The molecule has 3 aromatic heterocycles. The van der Waals surface area contributed by atoms with Gasteiger partial charge in [-0.05, 0) is 47.5 Å². The number of benzene rings is 2. The zero-order valence-electron chi connectivity index (χ0n) is 16.0. The second-order valence-corrected chi connectivity index (χ2v) is 6.84. The van der Waals surface area contributed by atoms with E-state index in [0.717, 1.165) is 33.4 Å². The number of ether oxygens (including phenoxy) is 1. The molecule has 0 amide bonds. The molecule has 3 heterocycles. The standard InChI is InChI=1S/C24H18N4O2/c29-23-15-17(16-30-24-26-20-6-2-3-7-21(20)27-24)11-14-28(23)22-8-4-1-5-19(22)18-9-12-25-13-10-18/h1-15H,16H2,(H,26,27). The van der Waals surface area contributed by atoms with Crippen LogP contribution >= 0.6 is 0 Å². The van der Waals surface area contributed by atoms with Crippen LogP contribution in [-0.4, -0.2) is 19.5 Å². The van der Waals surface area contributed by atoms with Crippen molar-refractivity contribution in [2.24, 2.45) is 0 Å². The molecule has 146 valence electrons. The lowest BCUT2D eigenvalue weighted by atomic mass is 10.0. The van der Waals surface area contributed by atoms with E-state index in [-0.39, 0.29) is 12.2 Å². The lowest BCUT2D eigenvalue weighted by Gasteiger charge is -2.12. The lowest BCUT2D eigenvalue weighted by molar-refractivity contribution is 0.284. The summed E-state index contributed by atoms with van der Waals surface area (Å²) in [6.45, 7) is 0.252. The Morgan fingerprint density at radius 3 is 2.57 bits per heavy atom. The van der Waals surface area contributed by atoms with Crippen LogP contribution in [0.3, 0.4) is 0 Å². The molecule has 30 heavy (non-hydrogen) atoms. The van der Waals surface area contributed by atoms with Crippen LogP contribution in [0.15, 0.2) is 96.2 Å². The average molecular weight is 394 g/mol. The van der Waals surface area contributed by atoms with Crippen molar-refractivity contribution >= 4 is 11.0 Å². The largest absolute Gasteiger partial charge is 0.460 e. The minimum absolute atomic E-state index is 0.123. The third-order valence-corrected chi connectivity index (χ3v) is 4.88. The van der Waals surface area contributed by atoms with Crippen molar-refractivity contribution < 1.29 is 4.74 Å². The summed E-state index contributed by atoms with van der Waals surface area (Å²) < 4.78 is 7.39.